The molecule has 1 aliphatic rings. The van der Waals surface area contributed by atoms with Gasteiger partial charge in [-0.15, -0.1) is 0 Å². The fraction of sp³-hybridized carbons (Fsp3) is 0.170. The second-order valence-corrected chi connectivity index (χ2v) is 15.1. The highest BCUT2D eigenvalue weighted by Crippen LogP contribution is 2.43. The molecule has 0 bridgehead atoms. The number of anilines is 1. The standard InChI is InChI=1S/C52H44N2O2.CH4/c1-3-12-37(13-4-2)54-45-20-10-9-18-42(45)50-39(19-11-21-46(50)54)34-24-22-33(23-25-34)32-55-48-29-28-47-51(52(48)53)43-27-26-36(31-49(43)56-47)44-30-35-14-5-6-15-38(35)40-16-7-8-17-41(40)44;/h3,5,7-12,14,16-31,37H,4,6,13,15,32,53H2,1-2H3;1H4/b12-3-;. The number of allylic oxidation sites excluding steroid dienone is 3. The first-order chi connectivity index (χ1) is 27.6. The number of ether oxygens (including phenoxy) is 1. The number of nitrogen functional groups attached to an aromatic ring is 1. The highest BCUT2D eigenvalue weighted by molar-refractivity contribution is 6.15. The summed E-state index contributed by atoms with van der Waals surface area (Å²) in [5, 5.41) is 7.06. The molecule has 0 radical (unpaired) electrons. The first kappa shape index (κ1) is 36.1. The van der Waals surface area contributed by atoms with Gasteiger partial charge in [0.1, 0.15) is 23.5 Å². The summed E-state index contributed by atoms with van der Waals surface area (Å²) in [5.74, 6) is 0.654. The lowest BCUT2D eigenvalue weighted by Gasteiger charge is -2.17. The van der Waals surface area contributed by atoms with E-state index in [0.717, 1.165) is 58.7 Å². The molecule has 2 aromatic heterocycles. The van der Waals surface area contributed by atoms with Crippen LogP contribution in [0.5, 0.6) is 5.75 Å². The van der Waals surface area contributed by atoms with E-state index >= 15 is 0 Å². The SMILES string of the molecule is C.C/C=C\C(CCC)n1c2ccccc2c2c(-c3ccc(COc4ccc5oc6cc(-c7cc8c(c9ccccc79)CCC=C8)ccc6c5c4N)cc3)cccc21. The Morgan fingerprint density at radius 1 is 0.737 bits per heavy atom. The van der Waals surface area contributed by atoms with Crippen LogP contribution in [0, 0.1) is 0 Å². The van der Waals surface area contributed by atoms with Crippen LogP contribution in [0.25, 0.3) is 82.8 Å². The van der Waals surface area contributed by atoms with Crippen molar-refractivity contribution < 1.29 is 9.15 Å². The topological polar surface area (TPSA) is 53.3 Å². The van der Waals surface area contributed by atoms with E-state index in [9.17, 15) is 0 Å². The van der Waals surface area contributed by atoms with Gasteiger partial charge in [0.25, 0.3) is 0 Å². The molecule has 1 aliphatic carbocycles. The zero-order valence-corrected chi connectivity index (χ0v) is 31.9. The Labute approximate surface area is 334 Å². The summed E-state index contributed by atoms with van der Waals surface area (Å²) in [6.07, 6.45) is 13.4. The maximum absolute atomic E-state index is 6.85. The van der Waals surface area contributed by atoms with Crippen LogP contribution in [-0.4, -0.2) is 4.57 Å². The Kier molecular flexibility index (Phi) is 9.42. The van der Waals surface area contributed by atoms with Gasteiger partial charge in [-0.25, -0.2) is 0 Å². The average molecular weight is 745 g/mol. The highest BCUT2D eigenvalue weighted by atomic mass is 16.5. The minimum atomic E-state index is 0. The van der Waals surface area contributed by atoms with E-state index in [2.05, 4.69) is 158 Å². The number of rotatable bonds is 9. The third-order valence-electron chi connectivity index (χ3n) is 11.7. The summed E-state index contributed by atoms with van der Waals surface area (Å²) in [4.78, 5) is 0. The van der Waals surface area contributed by atoms with Crippen LogP contribution in [0.4, 0.5) is 5.69 Å². The maximum Gasteiger partial charge on any atom is 0.143 e. The van der Waals surface area contributed by atoms with Crippen LogP contribution >= 0.6 is 0 Å². The number of furan rings is 1. The predicted molar refractivity (Wildman–Crippen MR) is 243 cm³/mol. The second-order valence-electron chi connectivity index (χ2n) is 15.1. The molecule has 1 atom stereocenters. The summed E-state index contributed by atoms with van der Waals surface area (Å²) < 4.78 is 15.4. The number of para-hydroxylation sites is 1. The van der Waals surface area contributed by atoms with Gasteiger partial charge in [0.2, 0.25) is 0 Å². The Bertz CT molecular complexity index is 3010. The van der Waals surface area contributed by atoms with Crippen molar-refractivity contribution in [2.24, 2.45) is 0 Å². The molecule has 0 saturated carbocycles. The van der Waals surface area contributed by atoms with Gasteiger partial charge in [-0.05, 0) is 118 Å². The molecule has 10 rings (SSSR count). The van der Waals surface area contributed by atoms with Crippen molar-refractivity contribution >= 4 is 66.3 Å². The summed E-state index contributed by atoms with van der Waals surface area (Å²) in [5.41, 5.74) is 20.1. The van der Waals surface area contributed by atoms with Crippen LogP contribution in [0.15, 0.2) is 150 Å². The van der Waals surface area contributed by atoms with E-state index in [1.54, 1.807) is 0 Å². The van der Waals surface area contributed by atoms with Crippen molar-refractivity contribution in [2.45, 2.75) is 59.6 Å². The van der Waals surface area contributed by atoms with Gasteiger partial charge in [0, 0.05) is 21.7 Å². The first-order valence-electron chi connectivity index (χ1n) is 19.9. The van der Waals surface area contributed by atoms with Crippen LogP contribution in [0.3, 0.4) is 0 Å². The molecule has 4 nitrogen and oxygen atoms in total. The summed E-state index contributed by atoms with van der Waals surface area (Å²) in [7, 11) is 0. The number of hydrogen-bond acceptors (Lipinski definition) is 3. The first-order valence-corrected chi connectivity index (χ1v) is 19.9. The van der Waals surface area contributed by atoms with Crippen molar-refractivity contribution in [1.82, 2.24) is 4.57 Å². The second kappa shape index (κ2) is 14.9. The molecule has 57 heavy (non-hydrogen) atoms. The lowest BCUT2D eigenvalue weighted by Crippen LogP contribution is -2.05. The van der Waals surface area contributed by atoms with E-state index < -0.39 is 0 Å². The summed E-state index contributed by atoms with van der Waals surface area (Å²) >= 11 is 0. The van der Waals surface area contributed by atoms with Crippen molar-refractivity contribution in [3.8, 4) is 28.0 Å². The van der Waals surface area contributed by atoms with E-state index in [0.29, 0.717) is 24.1 Å². The molecule has 1 unspecified atom stereocenters. The number of nitrogens with two attached hydrogens (primary N) is 1. The van der Waals surface area contributed by atoms with Crippen LogP contribution in [0.2, 0.25) is 0 Å². The molecule has 282 valence electrons. The average Bonchev–Trinajstić information content (AvgIpc) is 3.79. The third-order valence-corrected chi connectivity index (χ3v) is 11.7. The normalized spacial score (nSPS) is 13.2. The lowest BCUT2D eigenvalue weighted by molar-refractivity contribution is 0.308. The molecule has 0 saturated heterocycles. The van der Waals surface area contributed by atoms with Crippen LogP contribution in [-0.2, 0) is 13.0 Å². The van der Waals surface area contributed by atoms with Gasteiger partial charge in [-0.3, -0.25) is 0 Å². The number of nitrogens with zero attached hydrogens (tertiary/aromatic N) is 1. The number of aromatic nitrogens is 1. The fourth-order valence-corrected chi connectivity index (χ4v) is 9.15. The predicted octanol–water partition coefficient (Wildman–Crippen LogP) is 14.9. The monoisotopic (exact) mass is 744 g/mol. The quantitative estimate of drug-likeness (QED) is 0.118. The number of fused-ring (bicyclic) bond motifs is 9. The van der Waals surface area contributed by atoms with Crippen LogP contribution < -0.4 is 10.5 Å². The molecule has 0 spiro atoms. The Balaban J connectivity index is 0.00000422. The number of hydrogen-bond donors (Lipinski definition) is 1. The zero-order chi connectivity index (χ0) is 37.8. The van der Waals surface area contributed by atoms with Crippen molar-refractivity contribution in [2.75, 3.05) is 5.73 Å². The smallest absolute Gasteiger partial charge is 0.143 e. The molecule has 2 N–H and O–H groups in total. The van der Waals surface area contributed by atoms with E-state index in [4.69, 9.17) is 14.9 Å². The molecule has 4 heteroatoms. The van der Waals surface area contributed by atoms with Gasteiger partial charge in [0.15, 0.2) is 0 Å². The van der Waals surface area contributed by atoms with Gasteiger partial charge in [0.05, 0.1) is 22.6 Å². The largest absolute Gasteiger partial charge is 0.487 e. The minimum absolute atomic E-state index is 0. The Morgan fingerprint density at radius 3 is 2.33 bits per heavy atom. The number of aryl methyl sites for hydroxylation is 1. The van der Waals surface area contributed by atoms with E-state index in [-0.39, 0.29) is 7.43 Å². The fourth-order valence-electron chi connectivity index (χ4n) is 9.15. The summed E-state index contributed by atoms with van der Waals surface area (Å²) in [6.45, 7) is 4.78. The van der Waals surface area contributed by atoms with Crippen LogP contribution in [0.1, 0.15) is 63.3 Å². The van der Waals surface area contributed by atoms with Gasteiger partial charge >= 0.3 is 0 Å². The molecule has 9 aromatic rings. The van der Waals surface area contributed by atoms with Gasteiger partial charge in [-0.1, -0.05) is 130 Å². The molecule has 0 aliphatic heterocycles. The lowest BCUT2D eigenvalue weighted by atomic mass is 9.87. The van der Waals surface area contributed by atoms with Crippen molar-refractivity contribution in [1.29, 1.82) is 0 Å². The van der Waals surface area contributed by atoms with Gasteiger partial charge in [-0.2, -0.15) is 0 Å². The van der Waals surface area contributed by atoms with E-state index in [1.165, 1.54) is 60.4 Å². The van der Waals surface area contributed by atoms with Crippen molar-refractivity contribution in [3.05, 3.63) is 162 Å². The zero-order valence-electron chi connectivity index (χ0n) is 31.9. The van der Waals surface area contributed by atoms with Crippen molar-refractivity contribution in [3.63, 3.8) is 0 Å². The minimum Gasteiger partial charge on any atom is -0.487 e. The Morgan fingerprint density at radius 2 is 1.51 bits per heavy atom. The maximum atomic E-state index is 6.85. The number of benzene rings is 7. The van der Waals surface area contributed by atoms with Gasteiger partial charge < -0.3 is 19.5 Å². The van der Waals surface area contributed by atoms with E-state index in [1.807, 2.05) is 12.1 Å². The molecule has 2 heterocycles. The molecule has 7 aromatic carbocycles. The molecule has 0 amide bonds. The summed E-state index contributed by atoms with van der Waals surface area (Å²) in [6, 6.07) is 46.1. The molecular formula is C53H48N2O2. The third kappa shape index (κ3) is 6.08. The molecule has 0 fully saturated rings. The molecular weight excluding hydrogens is 697 g/mol. The Hall–Kier alpha value is -6.52. The highest BCUT2D eigenvalue weighted by Gasteiger charge is 2.20.